The van der Waals surface area contributed by atoms with E-state index in [1.54, 1.807) is 0 Å². The molecule has 2 heterocycles. The van der Waals surface area contributed by atoms with Crippen molar-refractivity contribution in [1.29, 1.82) is 0 Å². The summed E-state index contributed by atoms with van der Waals surface area (Å²) >= 11 is 0. The van der Waals surface area contributed by atoms with Crippen molar-refractivity contribution in [1.82, 2.24) is 15.2 Å². The van der Waals surface area contributed by atoms with E-state index in [0.29, 0.717) is 23.4 Å². The fourth-order valence-electron chi connectivity index (χ4n) is 3.61. The van der Waals surface area contributed by atoms with Gasteiger partial charge in [-0.3, -0.25) is 9.59 Å². The van der Waals surface area contributed by atoms with Gasteiger partial charge >= 0.3 is 0 Å². The Hall–Kier alpha value is -2.37. The van der Waals surface area contributed by atoms with E-state index in [-0.39, 0.29) is 30.3 Å². The Morgan fingerprint density at radius 1 is 1.08 bits per heavy atom. The minimum atomic E-state index is -0.0346. The van der Waals surface area contributed by atoms with Crippen LogP contribution in [0, 0.1) is 0 Å². The van der Waals surface area contributed by atoms with Gasteiger partial charge in [0.15, 0.2) is 5.43 Å². The smallest absolute Gasteiger partial charge is 0.240 e. The summed E-state index contributed by atoms with van der Waals surface area (Å²) in [6.45, 7) is 1.87. The van der Waals surface area contributed by atoms with Crippen molar-refractivity contribution in [2.24, 2.45) is 0 Å². The zero-order chi connectivity index (χ0) is 17.2. The van der Waals surface area contributed by atoms with Crippen molar-refractivity contribution in [3.05, 3.63) is 58.8 Å². The average Bonchev–Trinajstić information content (AvgIpc) is 3.17. The first-order chi connectivity index (χ1) is 12.2. The number of halogens is 1. The van der Waals surface area contributed by atoms with Gasteiger partial charge in [0.1, 0.15) is 6.54 Å². The Balaban J connectivity index is 0.00000196. The van der Waals surface area contributed by atoms with E-state index in [0.717, 1.165) is 30.4 Å². The third-order valence-electron chi connectivity index (χ3n) is 4.89. The second kappa shape index (κ2) is 7.89. The molecule has 1 atom stereocenters. The van der Waals surface area contributed by atoms with Gasteiger partial charge < -0.3 is 15.2 Å². The number of carbonyl (C=O) groups is 1. The molecule has 0 bridgehead atoms. The standard InChI is InChI=1S/C20H21N3O2.ClH/c24-19(22-12-14-6-5-11-21-14)13-23-17-9-3-1-7-15(17)20(25)16-8-2-4-10-18(16)23;/h1-4,7-10,14,21H,5-6,11-13H2,(H,22,24);1H. The largest absolute Gasteiger partial charge is 0.353 e. The number of aromatic nitrogens is 1. The molecule has 1 amide bonds. The predicted octanol–water partition coefficient (Wildman–Crippen LogP) is 2.44. The van der Waals surface area contributed by atoms with Crippen molar-refractivity contribution >= 4 is 40.1 Å². The third kappa shape index (κ3) is 3.45. The van der Waals surface area contributed by atoms with Gasteiger partial charge in [0.05, 0.1) is 11.0 Å². The highest BCUT2D eigenvalue weighted by atomic mass is 35.5. The number of fused-ring (bicyclic) bond motifs is 2. The summed E-state index contributed by atoms with van der Waals surface area (Å²) in [5.41, 5.74) is 1.60. The van der Waals surface area contributed by atoms with E-state index in [2.05, 4.69) is 10.6 Å². The monoisotopic (exact) mass is 371 g/mol. The molecular weight excluding hydrogens is 350 g/mol. The molecule has 4 rings (SSSR count). The summed E-state index contributed by atoms with van der Waals surface area (Å²) in [5, 5.41) is 7.69. The predicted molar refractivity (Wildman–Crippen MR) is 107 cm³/mol. The number of carbonyl (C=O) groups excluding carboxylic acids is 1. The first kappa shape index (κ1) is 18.4. The number of hydrogen-bond donors (Lipinski definition) is 2. The molecule has 1 saturated heterocycles. The lowest BCUT2D eigenvalue weighted by molar-refractivity contribution is -0.121. The van der Waals surface area contributed by atoms with Crippen molar-refractivity contribution in [3.63, 3.8) is 0 Å². The molecule has 0 radical (unpaired) electrons. The normalized spacial score (nSPS) is 16.5. The van der Waals surface area contributed by atoms with Crippen LogP contribution in [-0.2, 0) is 11.3 Å². The maximum absolute atomic E-state index is 12.7. The molecule has 1 fully saturated rings. The van der Waals surface area contributed by atoms with Crippen molar-refractivity contribution in [2.45, 2.75) is 25.4 Å². The minimum absolute atomic E-state index is 0. The van der Waals surface area contributed by atoms with E-state index < -0.39 is 0 Å². The highest BCUT2D eigenvalue weighted by molar-refractivity contribution is 5.94. The molecule has 1 aliphatic rings. The summed E-state index contributed by atoms with van der Waals surface area (Å²) in [5.74, 6) is -0.0346. The van der Waals surface area contributed by atoms with Gasteiger partial charge in [0.2, 0.25) is 5.91 Å². The molecule has 136 valence electrons. The number of hydrogen-bond acceptors (Lipinski definition) is 3. The van der Waals surface area contributed by atoms with Crippen molar-refractivity contribution in [3.8, 4) is 0 Å². The van der Waals surface area contributed by atoms with Crippen molar-refractivity contribution in [2.75, 3.05) is 13.1 Å². The zero-order valence-corrected chi connectivity index (χ0v) is 15.2. The quantitative estimate of drug-likeness (QED) is 0.692. The molecule has 0 spiro atoms. The SMILES string of the molecule is Cl.O=C(Cn1c2ccccc2c(=O)c2ccccc21)NCC1CCCN1. The van der Waals surface area contributed by atoms with E-state index >= 15 is 0 Å². The van der Waals surface area contributed by atoms with Crippen molar-refractivity contribution < 1.29 is 4.79 Å². The first-order valence-corrected chi connectivity index (χ1v) is 8.74. The van der Waals surface area contributed by atoms with Crippen LogP contribution in [0.15, 0.2) is 53.3 Å². The summed E-state index contributed by atoms with van der Waals surface area (Å²) in [4.78, 5) is 25.2. The number of nitrogens with one attached hydrogen (secondary N) is 2. The lowest BCUT2D eigenvalue weighted by atomic mass is 10.1. The Bertz CT molecular complexity index is 933. The molecule has 0 aliphatic carbocycles. The van der Waals surface area contributed by atoms with Gasteiger partial charge in [0.25, 0.3) is 0 Å². The third-order valence-corrected chi connectivity index (χ3v) is 4.89. The zero-order valence-electron chi connectivity index (χ0n) is 14.4. The van der Waals surface area contributed by atoms with Crippen LogP contribution in [0.5, 0.6) is 0 Å². The van der Waals surface area contributed by atoms with Crippen LogP contribution < -0.4 is 16.1 Å². The molecule has 2 N–H and O–H groups in total. The summed E-state index contributed by atoms with van der Waals surface area (Å²) < 4.78 is 1.93. The van der Waals surface area contributed by atoms with Crippen LogP contribution in [0.4, 0.5) is 0 Å². The van der Waals surface area contributed by atoms with Crippen LogP contribution in [0.25, 0.3) is 21.8 Å². The second-order valence-corrected chi connectivity index (χ2v) is 6.55. The van der Waals surface area contributed by atoms with E-state index in [4.69, 9.17) is 0 Å². The van der Waals surface area contributed by atoms with Crippen LogP contribution in [0.2, 0.25) is 0 Å². The maximum atomic E-state index is 12.7. The molecule has 26 heavy (non-hydrogen) atoms. The van der Waals surface area contributed by atoms with Crippen LogP contribution >= 0.6 is 12.4 Å². The Morgan fingerprint density at radius 2 is 1.69 bits per heavy atom. The Morgan fingerprint density at radius 3 is 2.27 bits per heavy atom. The maximum Gasteiger partial charge on any atom is 0.240 e. The van der Waals surface area contributed by atoms with E-state index in [1.165, 1.54) is 0 Å². The van der Waals surface area contributed by atoms with Crippen LogP contribution in [0.3, 0.4) is 0 Å². The Labute approximate surface area is 157 Å². The van der Waals surface area contributed by atoms with Gasteiger partial charge in [0, 0.05) is 23.4 Å². The van der Waals surface area contributed by atoms with Crippen LogP contribution in [-0.4, -0.2) is 29.6 Å². The molecule has 5 nitrogen and oxygen atoms in total. The van der Waals surface area contributed by atoms with E-state index in [1.807, 2.05) is 53.1 Å². The average molecular weight is 372 g/mol. The Kier molecular flexibility index (Phi) is 5.59. The molecule has 0 saturated carbocycles. The van der Waals surface area contributed by atoms with Gasteiger partial charge in [-0.05, 0) is 43.7 Å². The first-order valence-electron chi connectivity index (χ1n) is 8.74. The fraction of sp³-hybridized carbons (Fsp3) is 0.300. The molecule has 2 aromatic carbocycles. The molecule has 6 heteroatoms. The fourth-order valence-corrected chi connectivity index (χ4v) is 3.61. The molecule has 1 aliphatic heterocycles. The molecule has 1 unspecified atom stereocenters. The highest BCUT2D eigenvalue weighted by Crippen LogP contribution is 2.18. The molecule has 3 aromatic rings. The number of nitrogens with zero attached hydrogens (tertiary/aromatic N) is 1. The number of benzene rings is 2. The highest BCUT2D eigenvalue weighted by Gasteiger charge is 2.16. The van der Waals surface area contributed by atoms with Gasteiger partial charge in [-0.1, -0.05) is 24.3 Å². The summed E-state index contributed by atoms with van der Waals surface area (Å²) in [7, 11) is 0. The number of amides is 1. The summed E-state index contributed by atoms with van der Waals surface area (Å²) in [6, 6.07) is 15.3. The number of para-hydroxylation sites is 2. The van der Waals surface area contributed by atoms with Gasteiger partial charge in [-0.25, -0.2) is 0 Å². The lowest BCUT2D eigenvalue weighted by Gasteiger charge is -2.16. The van der Waals surface area contributed by atoms with Gasteiger partial charge in [-0.15, -0.1) is 12.4 Å². The summed E-state index contributed by atoms with van der Waals surface area (Å²) in [6.07, 6.45) is 2.26. The number of pyridine rings is 1. The minimum Gasteiger partial charge on any atom is -0.353 e. The second-order valence-electron chi connectivity index (χ2n) is 6.55. The van der Waals surface area contributed by atoms with Gasteiger partial charge in [-0.2, -0.15) is 0 Å². The molecule has 1 aromatic heterocycles. The molecular formula is C20H22ClN3O2. The van der Waals surface area contributed by atoms with Crippen LogP contribution in [0.1, 0.15) is 12.8 Å². The topological polar surface area (TPSA) is 63.1 Å². The number of rotatable bonds is 4. The van der Waals surface area contributed by atoms with E-state index in [9.17, 15) is 9.59 Å². The lowest BCUT2D eigenvalue weighted by Crippen LogP contribution is -2.38.